The van der Waals surface area contributed by atoms with Crippen LogP contribution in [0.4, 0.5) is 4.39 Å². The predicted molar refractivity (Wildman–Crippen MR) is 60.8 cm³/mol. The first kappa shape index (κ1) is 10.7. The fourth-order valence-corrected chi connectivity index (χ4v) is 3.14. The molecule has 0 amide bonds. The summed E-state index contributed by atoms with van der Waals surface area (Å²) >= 11 is 1.62. The Kier molecular flexibility index (Phi) is 2.83. The van der Waals surface area contributed by atoms with Gasteiger partial charge in [0.2, 0.25) is 0 Å². The molecule has 1 nitrogen and oxygen atoms in total. The molecule has 1 aliphatic heterocycles. The number of rotatable bonds is 1. The van der Waals surface area contributed by atoms with Crippen LogP contribution >= 0.6 is 11.8 Å². The highest BCUT2D eigenvalue weighted by Gasteiger charge is 2.30. The van der Waals surface area contributed by atoms with Crippen LogP contribution in [0.15, 0.2) is 12.1 Å². The van der Waals surface area contributed by atoms with Gasteiger partial charge in [-0.05, 0) is 30.5 Å². The number of halogens is 1. The van der Waals surface area contributed by atoms with Gasteiger partial charge in [-0.1, -0.05) is 13.0 Å². The van der Waals surface area contributed by atoms with Gasteiger partial charge in [-0.25, -0.2) is 4.39 Å². The summed E-state index contributed by atoms with van der Waals surface area (Å²) in [4.78, 5) is 12.0. The molecule has 0 spiro atoms. The van der Waals surface area contributed by atoms with Crippen molar-refractivity contribution in [3.8, 4) is 0 Å². The normalized spacial score (nSPS) is 20.2. The molecule has 15 heavy (non-hydrogen) atoms. The second-order valence-corrected chi connectivity index (χ2v) is 4.98. The number of thioether (sulfide) groups is 1. The fraction of sp³-hybridized carbons (Fsp3) is 0.417. The molecule has 3 heteroatoms. The molecule has 0 radical (unpaired) electrons. The Hall–Kier alpha value is -0.830. The van der Waals surface area contributed by atoms with Crippen LogP contribution in [0.25, 0.3) is 0 Å². The predicted octanol–water partition coefficient (Wildman–Crippen LogP) is 3.34. The van der Waals surface area contributed by atoms with Crippen LogP contribution in [0.2, 0.25) is 0 Å². The van der Waals surface area contributed by atoms with Gasteiger partial charge in [0.1, 0.15) is 5.82 Å². The summed E-state index contributed by atoms with van der Waals surface area (Å²) in [5, 5.41) is -0.0613. The minimum Gasteiger partial charge on any atom is -0.293 e. The first-order valence-corrected chi connectivity index (χ1v) is 6.13. The van der Waals surface area contributed by atoms with Crippen LogP contribution in [0, 0.1) is 12.7 Å². The topological polar surface area (TPSA) is 17.1 Å². The van der Waals surface area contributed by atoms with Gasteiger partial charge in [0.25, 0.3) is 0 Å². The van der Waals surface area contributed by atoms with Gasteiger partial charge in [0, 0.05) is 5.75 Å². The van der Waals surface area contributed by atoms with Gasteiger partial charge in [-0.2, -0.15) is 0 Å². The molecule has 1 aliphatic rings. The highest BCUT2D eigenvalue weighted by molar-refractivity contribution is 8.00. The molecular weight excluding hydrogens is 211 g/mol. The van der Waals surface area contributed by atoms with E-state index in [1.54, 1.807) is 17.8 Å². The summed E-state index contributed by atoms with van der Waals surface area (Å²) in [6.45, 7) is 3.90. The molecule has 0 N–H and O–H groups in total. The van der Waals surface area contributed by atoms with E-state index >= 15 is 0 Å². The summed E-state index contributed by atoms with van der Waals surface area (Å²) in [5.74, 6) is 0.354. The summed E-state index contributed by atoms with van der Waals surface area (Å²) in [5.41, 5.74) is 2.23. The Morgan fingerprint density at radius 2 is 2.27 bits per heavy atom. The summed E-state index contributed by atoms with van der Waals surface area (Å²) in [6.07, 6.45) is 0.774. The third kappa shape index (κ3) is 1.69. The Labute approximate surface area is 93.1 Å². The highest BCUT2D eigenvalue weighted by atomic mass is 32.2. The summed E-state index contributed by atoms with van der Waals surface area (Å²) in [7, 11) is 0. The lowest BCUT2D eigenvalue weighted by Gasteiger charge is -2.23. The van der Waals surface area contributed by atoms with Crippen LogP contribution in [0.5, 0.6) is 0 Å². The smallest absolute Gasteiger partial charge is 0.179 e. The van der Waals surface area contributed by atoms with E-state index in [0.29, 0.717) is 5.56 Å². The lowest BCUT2D eigenvalue weighted by Crippen LogP contribution is -2.24. The molecular formula is C12H13FOS. The molecule has 1 atom stereocenters. The van der Waals surface area contributed by atoms with Crippen molar-refractivity contribution in [1.29, 1.82) is 0 Å². The van der Waals surface area contributed by atoms with E-state index in [2.05, 4.69) is 0 Å². The van der Waals surface area contributed by atoms with Crippen molar-refractivity contribution in [3.05, 3.63) is 34.6 Å². The van der Waals surface area contributed by atoms with E-state index in [1.807, 2.05) is 13.8 Å². The lowest BCUT2D eigenvalue weighted by atomic mass is 9.96. The van der Waals surface area contributed by atoms with Crippen molar-refractivity contribution in [3.63, 3.8) is 0 Å². The Morgan fingerprint density at radius 1 is 1.53 bits per heavy atom. The number of ketones is 1. The molecule has 0 aliphatic carbocycles. The molecule has 0 fully saturated rings. The Balaban J connectivity index is 2.55. The lowest BCUT2D eigenvalue weighted by molar-refractivity contribution is 0.0981. The van der Waals surface area contributed by atoms with E-state index < -0.39 is 0 Å². The van der Waals surface area contributed by atoms with Gasteiger partial charge >= 0.3 is 0 Å². The second-order valence-electron chi connectivity index (χ2n) is 3.79. The van der Waals surface area contributed by atoms with Crippen LogP contribution in [-0.4, -0.2) is 11.0 Å². The van der Waals surface area contributed by atoms with Crippen LogP contribution in [-0.2, 0) is 5.75 Å². The van der Waals surface area contributed by atoms with Crippen LogP contribution in [0.3, 0.4) is 0 Å². The minimum atomic E-state index is -0.362. The van der Waals surface area contributed by atoms with Crippen molar-refractivity contribution >= 4 is 17.5 Å². The van der Waals surface area contributed by atoms with E-state index in [4.69, 9.17) is 0 Å². The summed E-state index contributed by atoms with van der Waals surface area (Å²) in [6, 6.07) is 3.14. The highest BCUT2D eigenvalue weighted by Crippen LogP contribution is 2.34. The molecule has 0 saturated heterocycles. The molecule has 80 valence electrons. The Morgan fingerprint density at radius 3 is 2.93 bits per heavy atom. The summed E-state index contributed by atoms with van der Waals surface area (Å²) < 4.78 is 13.6. The van der Waals surface area contributed by atoms with Crippen LogP contribution in [0.1, 0.15) is 34.8 Å². The number of hydrogen-bond donors (Lipinski definition) is 0. The molecule has 0 saturated carbocycles. The minimum absolute atomic E-state index is 0.0371. The van der Waals surface area contributed by atoms with Crippen LogP contribution < -0.4 is 0 Å². The zero-order chi connectivity index (χ0) is 11.0. The molecule has 1 heterocycles. The van der Waals surface area contributed by atoms with Gasteiger partial charge in [0.15, 0.2) is 5.78 Å². The van der Waals surface area contributed by atoms with E-state index in [0.717, 1.165) is 23.3 Å². The zero-order valence-electron chi connectivity index (χ0n) is 8.84. The fourth-order valence-electron chi connectivity index (χ4n) is 1.90. The molecule has 1 unspecified atom stereocenters. The average molecular weight is 224 g/mol. The number of carbonyl (C=O) groups excluding carboxylic acids is 1. The zero-order valence-corrected chi connectivity index (χ0v) is 9.66. The van der Waals surface area contributed by atoms with Crippen molar-refractivity contribution in [2.24, 2.45) is 0 Å². The first-order valence-electron chi connectivity index (χ1n) is 5.09. The quantitative estimate of drug-likeness (QED) is 0.727. The van der Waals surface area contributed by atoms with Gasteiger partial charge in [-0.3, -0.25) is 4.79 Å². The van der Waals surface area contributed by atoms with E-state index in [1.165, 1.54) is 6.07 Å². The molecule has 1 aromatic carbocycles. The van der Waals surface area contributed by atoms with E-state index in [-0.39, 0.29) is 16.9 Å². The average Bonchev–Trinajstić information content (AvgIpc) is 2.23. The maximum absolute atomic E-state index is 13.6. The van der Waals surface area contributed by atoms with Crippen molar-refractivity contribution < 1.29 is 9.18 Å². The van der Waals surface area contributed by atoms with Gasteiger partial charge < -0.3 is 0 Å². The third-order valence-corrected chi connectivity index (χ3v) is 4.24. The molecule has 1 aromatic rings. The van der Waals surface area contributed by atoms with Crippen molar-refractivity contribution in [2.45, 2.75) is 31.3 Å². The molecule has 2 rings (SSSR count). The number of hydrogen-bond acceptors (Lipinski definition) is 2. The number of benzene rings is 1. The maximum Gasteiger partial charge on any atom is 0.179 e. The Bertz CT molecular complexity index is 414. The number of Topliss-reactive ketones (excluding diaryl/α,β-unsaturated/α-hetero) is 1. The van der Waals surface area contributed by atoms with Gasteiger partial charge in [-0.15, -0.1) is 11.8 Å². The van der Waals surface area contributed by atoms with Crippen molar-refractivity contribution in [1.82, 2.24) is 0 Å². The third-order valence-electron chi connectivity index (χ3n) is 2.83. The standard InChI is InChI=1S/C12H13FOS/c1-3-10-12(14)11-8(6-15-10)7(2)4-5-9(11)13/h4-5,10H,3,6H2,1-2H3. The SMILES string of the molecule is CCC1SCc2c(C)ccc(F)c2C1=O. The number of carbonyl (C=O) groups is 1. The second kappa shape index (κ2) is 3.97. The number of aryl methyl sites for hydroxylation is 1. The maximum atomic E-state index is 13.6. The monoisotopic (exact) mass is 224 g/mol. The molecule has 0 aromatic heterocycles. The van der Waals surface area contributed by atoms with Crippen molar-refractivity contribution in [2.75, 3.05) is 0 Å². The molecule has 0 bridgehead atoms. The largest absolute Gasteiger partial charge is 0.293 e. The first-order chi connectivity index (χ1) is 7.15. The van der Waals surface area contributed by atoms with E-state index in [9.17, 15) is 9.18 Å². The van der Waals surface area contributed by atoms with Gasteiger partial charge in [0.05, 0.1) is 10.8 Å². The number of fused-ring (bicyclic) bond motifs is 1.